The summed E-state index contributed by atoms with van der Waals surface area (Å²) in [5, 5.41) is 7.00. The van der Waals surface area contributed by atoms with Crippen LogP contribution in [0.25, 0.3) is 0 Å². The number of rotatable bonds is 8. The molecule has 0 fully saturated rings. The maximum absolute atomic E-state index is 11.7. The van der Waals surface area contributed by atoms with E-state index in [1.807, 2.05) is 0 Å². The van der Waals surface area contributed by atoms with Crippen molar-refractivity contribution in [2.75, 3.05) is 34.4 Å². The van der Waals surface area contributed by atoms with Crippen LogP contribution in [0.4, 0.5) is 26.3 Å². The molecule has 0 bridgehead atoms. The van der Waals surface area contributed by atoms with Crippen LogP contribution in [0.1, 0.15) is 52.4 Å². The molecule has 0 saturated heterocycles. The molecule has 0 aliphatic rings. The number of ketones is 1. The lowest BCUT2D eigenvalue weighted by Gasteiger charge is -2.14. The van der Waals surface area contributed by atoms with Crippen LogP contribution in [-0.4, -0.2) is 74.4 Å². The molecule has 13 heteroatoms. The summed E-state index contributed by atoms with van der Waals surface area (Å²) in [6, 6.07) is 0. The Morgan fingerprint density at radius 1 is 0.935 bits per heavy atom. The molecule has 0 saturated carbocycles. The number of amides is 1. The Labute approximate surface area is 178 Å². The van der Waals surface area contributed by atoms with E-state index in [1.54, 1.807) is 7.05 Å². The van der Waals surface area contributed by atoms with Gasteiger partial charge in [0.25, 0.3) is 0 Å². The number of aliphatic hydroxyl groups excluding tert-OH is 1. The smallest absolute Gasteiger partial charge is 0.462 e. The van der Waals surface area contributed by atoms with Crippen molar-refractivity contribution in [2.45, 2.75) is 64.7 Å². The number of carbonyl (C=O) groups excluding carboxylic acids is 3. The highest BCUT2D eigenvalue weighted by Gasteiger charge is 2.40. The van der Waals surface area contributed by atoms with Crippen LogP contribution < -0.4 is 5.73 Å². The summed E-state index contributed by atoms with van der Waals surface area (Å²) >= 11 is 0. The van der Waals surface area contributed by atoms with Crippen LogP contribution in [-0.2, 0) is 19.1 Å². The SMILES string of the molecule is CC(=O)N(C)CCCCC(=O)C(F)(F)F.CCCCCN.CO.COC(=O)C(F)(F)F. The third-order valence-corrected chi connectivity index (χ3v) is 3.23. The normalized spacial score (nSPS) is 10.2. The summed E-state index contributed by atoms with van der Waals surface area (Å²) in [4.78, 5) is 32.0. The predicted octanol–water partition coefficient (Wildman–Crippen LogP) is 3.23. The maximum Gasteiger partial charge on any atom is 0.490 e. The molecule has 3 N–H and O–H groups in total. The Kier molecular flexibility index (Phi) is 25.1. The van der Waals surface area contributed by atoms with Crippen molar-refractivity contribution in [3.8, 4) is 0 Å². The molecule has 188 valence electrons. The van der Waals surface area contributed by atoms with Gasteiger partial charge in [0.1, 0.15) is 0 Å². The van der Waals surface area contributed by atoms with Crippen molar-refractivity contribution < 1.29 is 50.6 Å². The molecule has 0 heterocycles. The quantitative estimate of drug-likeness (QED) is 0.319. The van der Waals surface area contributed by atoms with Crippen molar-refractivity contribution in [1.82, 2.24) is 4.90 Å². The average molecular weight is 472 g/mol. The second kappa shape index (κ2) is 21.3. The van der Waals surface area contributed by atoms with Crippen molar-refractivity contribution in [1.29, 1.82) is 0 Å². The number of hydrogen-bond donors (Lipinski definition) is 2. The van der Waals surface area contributed by atoms with E-state index >= 15 is 0 Å². The minimum absolute atomic E-state index is 0.142. The Hall–Kier alpha value is -1.89. The van der Waals surface area contributed by atoms with Gasteiger partial charge in [0.05, 0.1) is 7.11 Å². The Bertz CT molecular complexity index is 467. The van der Waals surface area contributed by atoms with Gasteiger partial charge in [-0.15, -0.1) is 0 Å². The summed E-state index contributed by atoms with van der Waals surface area (Å²) in [6.45, 7) is 4.78. The van der Waals surface area contributed by atoms with Crippen LogP contribution in [0.15, 0.2) is 0 Å². The van der Waals surface area contributed by atoms with E-state index in [4.69, 9.17) is 10.8 Å². The lowest BCUT2D eigenvalue weighted by molar-refractivity contribution is -0.196. The second-order valence-corrected chi connectivity index (χ2v) is 5.80. The van der Waals surface area contributed by atoms with Gasteiger partial charge in [-0.25, -0.2) is 4.79 Å². The number of nitrogens with zero attached hydrogens (tertiary/aromatic N) is 1. The maximum atomic E-state index is 11.7. The number of ether oxygens (including phenoxy) is 1. The number of alkyl halides is 6. The van der Waals surface area contributed by atoms with Crippen LogP contribution in [0, 0.1) is 0 Å². The largest absolute Gasteiger partial charge is 0.490 e. The lowest BCUT2D eigenvalue weighted by Crippen LogP contribution is -2.26. The molecular formula is C18H34F6N2O5. The third kappa shape index (κ3) is 28.1. The predicted molar refractivity (Wildman–Crippen MR) is 103 cm³/mol. The first-order valence-electron chi connectivity index (χ1n) is 9.26. The second-order valence-electron chi connectivity index (χ2n) is 5.80. The molecule has 0 aromatic carbocycles. The number of aliphatic hydroxyl groups is 1. The molecule has 0 aliphatic heterocycles. The van der Waals surface area contributed by atoms with E-state index in [1.165, 1.54) is 31.1 Å². The first kappa shape index (κ1) is 36.5. The average Bonchev–Trinajstić information content (AvgIpc) is 2.69. The molecule has 0 spiro atoms. The highest BCUT2D eigenvalue weighted by Crippen LogP contribution is 2.19. The van der Waals surface area contributed by atoms with Crippen molar-refractivity contribution in [3.05, 3.63) is 0 Å². The lowest BCUT2D eigenvalue weighted by atomic mass is 10.1. The summed E-state index contributed by atoms with van der Waals surface area (Å²) in [7, 11) is 3.24. The Morgan fingerprint density at radius 2 is 1.42 bits per heavy atom. The van der Waals surface area contributed by atoms with E-state index in [0.717, 1.165) is 13.7 Å². The summed E-state index contributed by atoms with van der Waals surface area (Å²) in [6.07, 6.45) is -5.78. The van der Waals surface area contributed by atoms with Crippen molar-refractivity contribution >= 4 is 17.7 Å². The number of nitrogens with two attached hydrogens (primary N) is 1. The molecule has 0 rings (SSSR count). The number of carbonyl (C=O) groups is 3. The third-order valence-electron chi connectivity index (χ3n) is 3.23. The van der Waals surface area contributed by atoms with Gasteiger partial charge >= 0.3 is 18.3 Å². The number of hydrogen-bond acceptors (Lipinski definition) is 6. The molecule has 0 unspecified atom stereocenters. The fraction of sp³-hybridized carbons (Fsp3) is 0.833. The first-order valence-corrected chi connectivity index (χ1v) is 9.26. The van der Waals surface area contributed by atoms with Gasteiger partial charge < -0.3 is 20.5 Å². The molecule has 7 nitrogen and oxygen atoms in total. The molecule has 0 aromatic rings. The van der Waals surface area contributed by atoms with Gasteiger partial charge in [0.2, 0.25) is 11.7 Å². The van der Waals surface area contributed by atoms with E-state index in [0.29, 0.717) is 20.1 Å². The van der Waals surface area contributed by atoms with Gasteiger partial charge in [-0.2, -0.15) is 26.3 Å². The number of esters is 1. The van der Waals surface area contributed by atoms with E-state index in [9.17, 15) is 40.7 Å². The molecule has 0 aliphatic carbocycles. The number of halogens is 6. The van der Waals surface area contributed by atoms with Crippen LogP contribution in [0.5, 0.6) is 0 Å². The zero-order valence-electron chi connectivity index (χ0n) is 18.5. The minimum Gasteiger partial charge on any atom is -0.462 e. The fourth-order valence-electron chi connectivity index (χ4n) is 1.44. The van der Waals surface area contributed by atoms with Crippen molar-refractivity contribution in [2.24, 2.45) is 5.73 Å². The van der Waals surface area contributed by atoms with E-state index in [2.05, 4.69) is 11.7 Å². The van der Waals surface area contributed by atoms with Crippen LogP contribution in [0.3, 0.4) is 0 Å². The molecule has 0 aromatic heterocycles. The fourth-order valence-corrected chi connectivity index (χ4v) is 1.44. The highest BCUT2D eigenvalue weighted by molar-refractivity contribution is 5.83. The topological polar surface area (TPSA) is 110 Å². The van der Waals surface area contributed by atoms with Gasteiger partial charge in [-0.1, -0.05) is 19.8 Å². The number of Topliss-reactive ketones (excluding diaryl/α,β-unsaturated/α-hetero) is 1. The number of unbranched alkanes of at least 4 members (excludes halogenated alkanes) is 3. The van der Waals surface area contributed by atoms with E-state index < -0.39 is 30.5 Å². The molecule has 1 amide bonds. The van der Waals surface area contributed by atoms with Gasteiger partial charge in [-0.05, 0) is 25.8 Å². The Balaban J connectivity index is -0.000000191. The molecule has 0 radical (unpaired) electrons. The van der Waals surface area contributed by atoms with Crippen LogP contribution >= 0.6 is 0 Å². The van der Waals surface area contributed by atoms with Crippen molar-refractivity contribution in [3.63, 3.8) is 0 Å². The summed E-state index contributed by atoms with van der Waals surface area (Å²) < 4.78 is 71.5. The monoisotopic (exact) mass is 472 g/mol. The number of methoxy groups -OCH3 is 1. The standard InChI is InChI=1S/C9H14F3NO2.C5H13N.C3H3F3O2.CH4O/c1-7(14)13(2)6-4-3-5-8(15)9(10,11)12;1-2-3-4-5-6;1-8-2(7)3(4,5)6;1-2/h3-6H2,1-2H3;2-6H2,1H3;1H3;2H,1H3. The highest BCUT2D eigenvalue weighted by atomic mass is 19.4. The van der Waals surface area contributed by atoms with Gasteiger partial charge in [0.15, 0.2) is 0 Å². The van der Waals surface area contributed by atoms with Gasteiger partial charge in [0, 0.05) is 34.0 Å². The zero-order valence-corrected chi connectivity index (χ0v) is 18.5. The Morgan fingerprint density at radius 3 is 1.65 bits per heavy atom. The molecular weight excluding hydrogens is 438 g/mol. The van der Waals surface area contributed by atoms with Crippen LogP contribution in [0.2, 0.25) is 0 Å². The molecule has 31 heavy (non-hydrogen) atoms. The summed E-state index contributed by atoms with van der Waals surface area (Å²) in [5.41, 5.74) is 5.21. The summed E-state index contributed by atoms with van der Waals surface area (Å²) in [5.74, 6) is -4.01. The van der Waals surface area contributed by atoms with Gasteiger partial charge in [-0.3, -0.25) is 9.59 Å². The first-order chi connectivity index (χ1) is 14.1. The minimum atomic E-state index is -4.85. The zero-order chi connectivity index (χ0) is 25.7. The molecule has 0 atom stereocenters. The van der Waals surface area contributed by atoms with E-state index in [-0.39, 0.29) is 12.3 Å².